The van der Waals surface area contributed by atoms with Gasteiger partial charge in [0.2, 0.25) is 0 Å². The SMILES string of the molecule is COCCN(CCO)C(=O)c1ncccc1C#CCO. The minimum Gasteiger partial charge on any atom is -0.395 e. The molecule has 0 aliphatic carbocycles. The van der Waals surface area contributed by atoms with Crippen LogP contribution in [0.25, 0.3) is 0 Å². The molecule has 6 heteroatoms. The molecule has 0 atom stereocenters. The maximum Gasteiger partial charge on any atom is 0.273 e. The van der Waals surface area contributed by atoms with E-state index in [1.54, 1.807) is 19.2 Å². The fourth-order valence-corrected chi connectivity index (χ4v) is 1.60. The molecule has 0 saturated carbocycles. The van der Waals surface area contributed by atoms with Gasteiger partial charge in [-0.25, -0.2) is 4.98 Å². The summed E-state index contributed by atoms with van der Waals surface area (Å²) < 4.78 is 4.94. The number of amides is 1. The monoisotopic (exact) mass is 278 g/mol. The summed E-state index contributed by atoms with van der Waals surface area (Å²) in [5.41, 5.74) is 0.657. The van der Waals surface area contributed by atoms with E-state index in [0.717, 1.165) is 0 Å². The molecule has 1 aromatic rings. The standard InChI is InChI=1S/C14H18N2O4/c1-20-11-8-16(7-10-18)14(19)13-12(5-3-9-17)4-2-6-15-13/h2,4,6,17-18H,7-11H2,1H3. The molecule has 2 N–H and O–H groups in total. The van der Waals surface area contributed by atoms with E-state index in [0.29, 0.717) is 18.7 Å². The van der Waals surface area contributed by atoms with Crippen LogP contribution in [-0.4, -0.2) is 66.0 Å². The first-order valence-corrected chi connectivity index (χ1v) is 6.18. The van der Waals surface area contributed by atoms with E-state index in [4.69, 9.17) is 14.9 Å². The van der Waals surface area contributed by atoms with E-state index in [9.17, 15) is 4.79 Å². The number of hydrogen-bond donors (Lipinski definition) is 2. The van der Waals surface area contributed by atoms with Crippen LogP contribution in [-0.2, 0) is 4.74 Å². The van der Waals surface area contributed by atoms with Crippen LogP contribution in [0.5, 0.6) is 0 Å². The van der Waals surface area contributed by atoms with E-state index >= 15 is 0 Å². The molecule has 108 valence electrons. The van der Waals surface area contributed by atoms with Crippen LogP contribution in [0.4, 0.5) is 0 Å². The van der Waals surface area contributed by atoms with Crippen molar-refractivity contribution in [2.45, 2.75) is 0 Å². The van der Waals surface area contributed by atoms with Crippen LogP contribution in [0.15, 0.2) is 18.3 Å². The van der Waals surface area contributed by atoms with Crippen LogP contribution in [0.1, 0.15) is 16.1 Å². The van der Waals surface area contributed by atoms with Gasteiger partial charge >= 0.3 is 0 Å². The van der Waals surface area contributed by atoms with E-state index in [-0.39, 0.29) is 31.4 Å². The molecule has 1 aromatic heterocycles. The number of ether oxygens (including phenoxy) is 1. The summed E-state index contributed by atoms with van der Waals surface area (Å²) in [5.74, 6) is 4.87. The number of nitrogens with zero attached hydrogens (tertiary/aromatic N) is 2. The highest BCUT2D eigenvalue weighted by Gasteiger charge is 2.18. The lowest BCUT2D eigenvalue weighted by Gasteiger charge is -2.21. The molecule has 20 heavy (non-hydrogen) atoms. The Morgan fingerprint density at radius 2 is 2.25 bits per heavy atom. The molecule has 6 nitrogen and oxygen atoms in total. The Morgan fingerprint density at radius 3 is 2.90 bits per heavy atom. The van der Waals surface area contributed by atoms with Gasteiger partial charge in [-0.3, -0.25) is 4.79 Å². The summed E-state index contributed by atoms with van der Waals surface area (Å²) in [6.07, 6.45) is 1.50. The van der Waals surface area contributed by atoms with Gasteiger partial charge in [0.05, 0.1) is 18.8 Å². The first-order valence-electron chi connectivity index (χ1n) is 6.18. The normalized spacial score (nSPS) is 9.75. The number of aliphatic hydroxyl groups excluding tert-OH is 2. The van der Waals surface area contributed by atoms with Gasteiger partial charge in [0, 0.05) is 26.4 Å². The highest BCUT2D eigenvalue weighted by molar-refractivity contribution is 5.94. The quantitative estimate of drug-likeness (QED) is 0.686. The van der Waals surface area contributed by atoms with E-state index in [1.807, 2.05) is 0 Å². The highest BCUT2D eigenvalue weighted by atomic mass is 16.5. The number of carbonyl (C=O) groups is 1. The van der Waals surface area contributed by atoms with Crippen LogP contribution in [0, 0.1) is 11.8 Å². The Bertz CT molecular complexity index is 493. The van der Waals surface area contributed by atoms with Gasteiger partial charge < -0.3 is 19.8 Å². The lowest BCUT2D eigenvalue weighted by atomic mass is 10.1. The zero-order valence-electron chi connectivity index (χ0n) is 11.4. The van der Waals surface area contributed by atoms with Crippen molar-refractivity contribution in [1.29, 1.82) is 0 Å². The number of carbonyl (C=O) groups excluding carboxylic acids is 1. The van der Waals surface area contributed by atoms with Crippen molar-refractivity contribution < 1.29 is 19.7 Å². The smallest absolute Gasteiger partial charge is 0.273 e. The van der Waals surface area contributed by atoms with Gasteiger partial charge in [-0.2, -0.15) is 0 Å². The summed E-state index contributed by atoms with van der Waals surface area (Å²) in [6.45, 7) is 0.508. The van der Waals surface area contributed by atoms with Gasteiger partial charge in [-0.15, -0.1) is 0 Å². The Labute approximate surface area is 118 Å². The van der Waals surface area contributed by atoms with Crippen molar-refractivity contribution in [3.63, 3.8) is 0 Å². The Balaban J connectivity index is 2.98. The van der Waals surface area contributed by atoms with E-state index < -0.39 is 0 Å². The van der Waals surface area contributed by atoms with Gasteiger partial charge in [0.25, 0.3) is 5.91 Å². The molecule has 0 saturated heterocycles. The summed E-state index contributed by atoms with van der Waals surface area (Å²) in [5, 5.41) is 17.8. The van der Waals surface area contributed by atoms with Crippen molar-refractivity contribution in [1.82, 2.24) is 9.88 Å². The third-order valence-electron chi connectivity index (χ3n) is 2.53. The topological polar surface area (TPSA) is 82.9 Å². The Morgan fingerprint density at radius 1 is 1.45 bits per heavy atom. The number of hydrogen-bond acceptors (Lipinski definition) is 5. The maximum atomic E-state index is 12.4. The average molecular weight is 278 g/mol. The fourth-order valence-electron chi connectivity index (χ4n) is 1.60. The van der Waals surface area contributed by atoms with E-state index in [1.165, 1.54) is 11.1 Å². The van der Waals surface area contributed by atoms with Gasteiger partial charge in [-0.1, -0.05) is 11.8 Å². The number of rotatable bonds is 6. The highest BCUT2D eigenvalue weighted by Crippen LogP contribution is 2.08. The minimum absolute atomic E-state index is 0.139. The number of aromatic nitrogens is 1. The molecule has 0 spiro atoms. The first kappa shape index (κ1) is 16.1. The maximum absolute atomic E-state index is 12.4. The van der Waals surface area contributed by atoms with Crippen molar-refractivity contribution in [2.75, 3.05) is 40.0 Å². The first-order chi connectivity index (χ1) is 9.74. The largest absolute Gasteiger partial charge is 0.395 e. The zero-order chi connectivity index (χ0) is 14.8. The van der Waals surface area contributed by atoms with Crippen molar-refractivity contribution in [2.24, 2.45) is 0 Å². The molecule has 0 bridgehead atoms. The summed E-state index contributed by atoms with van der Waals surface area (Å²) in [6, 6.07) is 3.33. The van der Waals surface area contributed by atoms with Gasteiger partial charge in [-0.05, 0) is 12.1 Å². The third kappa shape index (κ3) is 4.63. The zero-order valence-corrected chi connectivity index (χ0v) is 11.4. The van der Waals surface area contributed by atoms with Crippen molar-refractivity contribution in [3.8, 4) is 11.8 Å². The molecule has 1 amide bonds. The van der Waals surface area contributed by atoms with Crippen LogP contribution < -0.4 is 0 Å². The van der Waals surface area contributed by atoms with Gasteiger partial charge in [0.15, 0.2) is 0 Å². The molecule has 0 aliphatic heterocycles. The summed E-state index contributed by atoms with van der Waals surface area (Å²) in [4.78, 5) is 17.9. The number of aliphatic hydroxyl groups is 2. The third-order valence-corrected chi connectivity index (χ3v) is 2.53. The molecule has 0 radical (unpaired) electrons. The average Bonchev–Trinajstić information content (AvgIpc) is 2.49. The summed E-state index contributed by atoms with van der Waals surface area (Å²) >= 11 is 0. The lowest BCUT2D eigenvalue weighted by Crippen LogP contribution is -2.37. The predicted octanol–water partition coefficient (Wildman–Crippen LogP) is -0.494. The Kier molecular flexibility index (Phi) is 7.29. The van der Waals surface area contributed by atoms with Crippen LogP contribution >= 0.6 is 0 Å². The van der Waals surface area contributed by atoms with Crippen LogP contribution in [0.2, 0.25) is 0 Å². The molecule has 0 unspecified atom stereocenters. The molecule has 0 aliphatic rings. The number of pyridine rings is 1. The Hall–Kier alpha value is -1.94. The van der Waals surface area contributed by atoms with E-state index in [2.05, 4.69) is 16.8 Å². The minimum atomic E-state index is -0.320. The lowest BCUT2D eigenvalue weighted by molar-refractivity contribution is 0.0650. The second-order valence-electron chi connectivity index (χ2n) is 3.87. The second-order valence-corrected chi connectivity index (χ2v) is 3.87. The van der Waals surface area contributed by atoms with Gasteiger partial charge in [0.1, 0.15) is 12.3 Å². The molecule has 1 rings (SSSR count). The van der Waals surface area contributed by atoms with Crippen molar-refractivity contribution in [3.05, 3.63) is 29.6 Å². The number of methoxy groups -OCH3 is 1. The molecule has 1 heterocycles. The molecular formula is C14H18N2O4. The second kappa shape index (κ2) is 9.04. The van der Waals surface area contributed by atoms with Crippen LogP contribution in [0.3, 0.4) is 0 Å². The van der Waals surface area contributed by atoms with Crippen molar-refractivity contribution >= 4 is 5.91 Å². The molecule has 0 aromatic carbocycles. The predicted molar refractivity (Wildman–Crippen MR) is 73.1 cm³/mol. The molecular weight excluding hydrogens is 260 g/mol. The fraction of sp³-hybridized carbons (Fsp3) is 0.429. The molecule has 0 fully saturated rings. The summed E-state index contributed by atoms with van der Waals surface area (Å²) in [7, 11) is 1.54.